The predicted molar refractivity (Wildman–Crippen MR) is 89.1 cm³/mol. The van der Waals surface area contributed by atoms with E-state index in [2.05, 4.69) is 0 Å². The molecule has 0 N–H and O–H groups in total. The first-order valence-electron chi connectivity index (χ1n) is 7.16. The first-order chi connectivity index (χ1) is 11.6. The fraction of sp³-hybridized carbons (Fsp3) is 0.278. The summed E-state index contributed by atoms with van der Waals surface area (Å²) in [4.78, 5) is 13.2. The van der Waals surface area contributed by atoms with Crippen LogP contribution >= 0.6 is 0 Å². The van der Waals surface area contributed by atoms with E-state index in [1.54, 1.807) is 30.3 Å². The molecule has 2 aromatic rings. The van der Waals surface area contributed by atoms with Crippen molar-refractivity contribution < 1.29 is 28.5 Å². The lowest BCUT2D eigenvalue weighted by atomic mass is 9.99. The molecule has 0 radical (unpaired) electrons. The lowest BCUT2D eigenvalue weighted by Gasteiger charge is -2.17. The summed E-state index contributed by atoms with van der Waals surface area (Å²) in [6, 6.07) is 8.38. The molecule has 128 valence electrons. The van der Waals surface area contributed by atoms with Crippen LogP contribution in [0.5, 0.6) is 28.7 Å². The highest BCUT2D eigenvalue weighted by molar-refractivity contribution is 6.15. The molecule has 0 spiro atoms. The normalized spacial score (nSPS) is 10.0. The number of rotatable bonds is 7. The quantitative estimate of drug-likeness (QED) is 0.727. The molecule has 0 fully saturated rings. The predicted octanol–water partition coefficient (Wildman–Crippen LogP) is 2.96. The maximum atomic E-state index is 13.2. The Morgan fingerprint density at radius 1 is 0.667 bits per heavy atom. The molecule has 0 saturated carbocycles. The minimum atomic E-state index is -0.333. The van der Waals surface area contributed by atoms with Crippen molar-refractivity contribution >= 4 is 5.78 Å². The number of ether oxygens (including phenoxy) is 5. The van der Waals surface area contributed by atoms with Gasteiger partial charge in [0.25, 0.3) is 0 Å². The molecule has 0 unspecified atom stereocenters. The van der Waals surface area contributed by atoms with Crippen molar-refractivity contribution in [1.29, 1.82) is 0 Å². The third-order valence-electron chi connectivity index (χ3n) is 3.60. The molecule has 0 amide bonds. The van der Waals surface area contributed by atoms with E-state index in [4.69, 9.17) is 23.7 Å². The minimum absolute atomic E-state index is 0.267. The number of carbonyl (C=O) groups excluding carboxylic acids is 1. The van der Waals surface area contributed by atoms with E-state index < -0.39 is 0 Å². The number of hydrogen-bond donors (Lipinski definition) is 0. The second-order valence-electron chi connectivity index (χ2n) is 4.77. The summed E-state index contributed by atoms with van der Waals surface area (Å²) in [5, 5.41) is 0. The van der Waals surface area contributed by atoms with E-state index in [0.29, 0.717) is 34.3 Å². The summed E-state index contributed by atoms with van der Waals surface area (Å²) in [6.45, 7) is 0. The Morgan fingerprint density at radius 3 is 1.46 bits per heavy atom. The van der Waals surface area contributed by atoms with Gasteiger partial charge in [-0.15, -0.1) is 0 Å². The highest BCUT2D eigenvalue weighted by atomic mass is 16.5. The van der Waals surface area contributed by atoms with E-state index in [-0.39, 0.29) is 11.3 Å². The number of hydrogen-bond acceptors (Lipinski definition) is 6. The zero-order chi connectivity index (χ0) is 17.7. The number of benzene rings is 2. The Balaban J connectivity index is 2.71. The van der Waals surface area contributed by atoms with Gasteiger partial charge < -0.3 is 23.7 Å². The van der Waals surface area contributed by atoms with Crippen LogP contribution in [0.4, 0.5) is 0 Å². The van der Waals surface area contributed by atoms with Crippen molar-refractivity contribution in [2.24, 2.45) is 0 Å². The highest BCUT2D eigenvalue weighted by Gasteiger charge is 2.27. The van der Waals surface area contributed by atoms with Gasteiger partial charge in [0.15, 0.2) is 0 Å². The Bertz CT molecular complexity index is 691. The monoisotopic (exact) mass is 332 g/mol. The fourth-order valence-corrected chi connectivity index (χ4v) is 2.43. The van der Waals surface area contributed by atoms with Gasteiger partial charge in [-0.05, 0) is 12.1 Å². The Morgan fingerprint density at radius 2 is 1.08 bits per heavy atom. The first kappa shape index (κ1) is 17.5. The number of methoxy groups -OCH3 is 5. The smallest absolute Gasteiger partial charge is 0.208 e. The Labute approximate surface area is 140 Å². The Kier molecular flexibility index (Phi) is 5.52. The average Bonchev–Trinajstić information content (AvgIpc) is 2.65. The molecule has 0 atom stereocenters. The lowest BCUT2D eigenvalue weighted by molar-refractivity contribution is 0.102. The third kappa shape index (κ3) is 3.08. The molecule has 6 heteroatoms. The van der Waals surface area contributed by atoms with Crippen LogP contribution in [-0.2, 0) is 0 Å². The van der Waals surface area contributed by atoms with Gasteiger partial charge >= 0.3 is 0 Å². The second kappa shape index (κ2) is 7.59. The topological polar surface area (TPSA) is 63.2 Å². The van der Waals surface area contributed by atoms with Crippen molar-refractivity contribution in [3.63, 3.8) is 0 Å². The molecule has 6 nitrogen and oxygen atoms in total. The van der Waals surface area contributed by atoms with Crippen LogP contribution in [0.25, 0.3) is 0 Å². The van der Waals surface area contributed by atoms with Gasteiger partial charge in [0.05, 0.1) is 35.5 Å². The summed E-state index contributed by atoms with van der Waals surface area (Å²) in [5.41, 5.74) is 0.563. The van der Waals surface area contributed by atoms with Gasteiger partial charge in [0.1, 0.15) is 39.9 Å². The molecule has 2 rings (SSSR count). The van der Waals surface area contributed by atoms with Gasteiger partial charge in [0.2, 0.25) is 5.78 Å². The molecule has 0 saturated heterocycles. The van der Waals surface area contributed by atoms with Crippen molar-refractivity contribution in [1.82, 2.24) is 0 Å². The summed E-state index contributed by atoms with van der Waals surface area (Å²) < 4.78 is 26.6. The minimum Gasteiger partial charge on any atom is -0.496 e. The van der Waals surface area contributed by atoms with Crippen LogP contribution in [0.3, 0.4) is 0 Å². The number of ketones is 1. The van der Waals surface area contributed by atoms with Gasteiger partial charge in [-0.1, -0.05) is 6.07 Å². The van der Waals surface area contributed by atoms with Crippen molar-refractivity contribution in [2.45, 2.75) is 0 Å². The fourth-order valence-electron chi connectivity index (χ4n) is 2.43. The van der Waals surface area contributed by atoms with E-state index in [0.717, 1.165) is 0 Å². The molecule has 0 aliphatic rings. The molecular weight excluding hydrogens is 312 g/mol. The van der Waals surface area contributed by atoms with Gasteiger partial charge in [0, 0.05) is 12.1 Å². The molecule has 0 aliphatic heterocycles. The van der Waals surface area contributed by atoms with E-state index >= 15 is 0 Å². The van der Waals surface area contributed by atoms with E-state index in [1.165, 1.54) is 35.5 Å². The molecular formula is C18H20O6. The summed E-state index contributed by atoms with van der Waals surface area (Å²) in [6.07, 6.45) is 0. The molecule has 0 heterocycles. The van der Waals surface area contributed by atoms with Gasteiger partial charge in [-0.25, -0.2) is 0 Å². The molecule has 0 aromatic heterocycles. The SMILES string of the molecule is COc1cc(OC)c(C(=O)c2c(OC)cccc2OC)c(OC)c1. The van der Waals surface area contributed by atoms with Crippen molar-refractivity contribution in [3.05, 3.63) is 41.5 Å². The summed E-state index contributed by atoms with van der Waals surface area (Å²) in [5.74, 6) is 1.67. The summed E-state index contributed by atoms with van der Waals surface area (Å²) in [7, 11) is 7.47. The summed E-state index contributed by atoms with van der Waals surface area (Å²) >= 11 is 0. The van der Waals surface area contributed by atoms with E-state index in [9.17, 15) is 4.79 Å². The molecule has 24 heavy (non-hydrogen) atoms. The highest BCUT2D eigenvalue weighted by Crippen LogP contribution is 2.39. The van der Waals surface area contributed by atoms with Crippen LogP contribution in [0.15, 0.2) is 30.3 Å². The van der Waals surface area contributed by atoms with Crippen LogP contribution in [-0.4, -0.2) is 41.3 Å². The van der Waals surface area contributed by atoms with Crippen molar-refractivity contribution in [3.8, 4) is 28.7 Å². The zero-order valence-electron chi connectivity index (χ0n) is 14.3. The first-order valence-corrected chi connectivity index (χ1v) is 7.16. The Hall–Kier alpha value is -2.89. The van der Waals surface area contributed by atoms with Crippen molar-refractivity contribution in [2.75, 3.05) is 35.5 Å². The second-order valence-corrected chi connectivity index (χ2v) is 4.77. The molecule has 0 aliphatic carbocycles. The van der Waals surface area contributed by atoms with Crippen LogP contribution < -0.4 is 23.7 Å². The maximum Gasteiger partial charge on any atom is 0.208 e. The lowest BCUT2D eigenvalue weighted by Crippen LogP contribution is -2.10. The molecule has 2 aromatic carbocycles. The maximum absolute atomic E-state index is 13.2. The van der Waals surface area contributed by atoms with E-state index in [1.807, 2.05) is 0 Å². The number of carbonyl (C=O) groups is 1. The van der Waals surface area contributed by atoms with Gasteiger partial charge in [-0.3, -0.25) is 4.79 Å². The van der Waals surface area contributed by atoms with Crippen LogP contribution in [0.2, 0.25) is 0 Å². The van der Waals surface area contributed by atoms with Gasteiger partial charge in [-0.2, -0.15) is 0 Å². The zero-order valence-corrected chi connectivity index (χ0v) is 14.3. The van der Waals surface area contributed by atoms with Crippen LogP contribution in [0.1, 0.15) is 15.9 Å². The third-order valence-corrected chi connectivity index (χ3v) is 3.60. The van der Waals surface area contributed by atoms with Crippen LogP contribution in [0, 0.1) is 0 Å². The average molecular weight is 332 g/mol. The largest absolute Gasteiger partial charge is 0.496 e. The molecule has 0 bridgehead atoms. The standard InChI is InChI=1S/C18H20O6/c1-20-11-9-14(23-4)17(15(10-11)24-5)18(19)16-12(21-2)7-6-8-13(16)22-3/h6-10H,1-5H3.